The zero-order valence-corrected chi connectivity index (χ0v) is 11.1. The van der Waals surface area contributed by atoms with Crippen molar-refractivity contribution in [1.82, 2.24) is 4.90 Å². The van der Waals surface area contributed by atoms with Crippen LogP contribution in [0.4, 0.5) is 4.39 Å². The lowest BCUT2D eigenvalue weighted by Crippen LogP contribution is -2.33. The maximum Gasteiger partial charge on any atom is 0.325 e. The molecule has 19 heavy (non-hydrogen) atoms. The second kappa shape index (κ2) is 6.72. The van der Waals surface area contributed by atoms with E-state index in [4.69, 9.17) is 4.74 Å². The summed E-state index contributed by atoms with van der Waals surface area (Å²) in [5, 5.41) is 0. The topological polar surface area (TPSA) is 55.8 Å². The number of benzene rings is 1. The predicted molar refractivity (Wildman–Crippen MR) is 66.3 cm³/mol. The van der Waals surface area contributed by atoms with Gasteiger partial charge in [0.2, 0.25) is 5.91 Å². The van der Waals surface area contributed by atoms with E-state index >= 15 is 0 Å². The third-order valence-electron chi connectivity index (χ3n) is 2.59. The fourth-order valence-corrected chi connectivity index (χ4v) is 1.48. The number of nitrogens with zero attached hydrogens (tertiary/aromatic N) is 1. The smallest absolute Gasteiger partial charge is 0.325 e. The SMILES string of the molecule is COC(=O)CN(C)C(=O)Cc1ccc(OC)c(F)c1. The molecule has 1 amide bonds. The van der Waals surface area contributed by atoms with Crippen LogP contribution in [0.15, 0.2) is 18.2 Å². The van der Waals surface area contributed by atoms with E-state index < -0.39 is 11.8 Å². The average Bonchev–Trinajstić information content (AvgIpc) is 2.38. The summed E-state index contributed by atoms with van der Waals surface area (Å²) in [7, 11) is 4.10. The fraction of sp³-hybridized carbons (Fsp3) is 0.385. The standard InChI is InChI=1S/C13H16FNO4/c1-15(8-13(17)19-3)12(16)7-9-4-5-11(18-2)10(14)6-9/h4-6H,7-8H2,1-3H3. The number of ether oxygens (including phenoxy) is 2. The largest absolute Gasteiger partial charge is 0.494 e. The molecular formula is C13H16FNO4. The van der Waals surface area contributed by atoms with Crippen LogP contribution in [-0.4, -0.2) is 44.6 Å². The molecule has 1 rings (SSSR count). The maximum atomic E-state index is 13.4. The van der Waals surface area contributed by atoms with Crippen LogP contribution in [0.1, 0.15) is 5.56 Å². The number of rotatable bonds is 5. The molecule has 1 aromatic carbocycles. The summed E-state index contributed by atoms with van der Waals surface area (Å²) < 4.78 is 22.7. The van der Waals surface area contributed by atoms with Crippen LogP contribution < -0.4 is 4.74 Å². The number of esters is 1. The van der Waals surface area contributed by atoms with Gasteiger partial charge in [0, 0.05) is 7.05 Å². The minimum Gasteiger partial charge on any atom is -0.494 e. The summed E-state index contributed by atoms with van der Waals surface area (Å²) in [6, 6.07) is 4.30. The Bertz CT molecular complexity index is 476. The Labute approximate surface area is 110 Å². The summed E-state index contributed by atoms with van der Waals surface area (Å²) in [5.74, 6) is -1.20. The van der Waals surface area contributed by atoms with Crippen LogP contribution in [-0.2, 0) is 20.7 Å². The minimum absolute atomic E-state index is 0.00834. The molecule has 0 bridgehead atoms. The third kappa shape index (κ3) is 4.24. The quantitative estimate of drug-likeness (QED) is 0.749. The lowest BCUT2D eigenvalue weighted by molar-refractivity contribution is -0.145. The Morgan fingerprint density at radius 1 is 1.32 bits per heavy atom. The summed E-state index contributed by atoms with van der Waals surface area (Å²) in [6.07, 6.45) is 0.00834. The Kier molecular flexibility index (Phi) is 5.29. The van der Waals surface area contributed by atoms with Gasteiger partial charge in [-0.2, -0.15) is 0 Å². The van der Waals surface area contributed by atoms with Gasteiger partial charge in [-0.3, -0.25) is 9.59 Å². The highest BCUT2D eigenvalue weighted by molar-refractivity contribution is 5.83. The van der Waals surface area contributed by atoms with E-state index in [0.717, 1.165) is 0 Å². The van der Waals surface area contributed by atoms with Gasteiger partial charge in [-0.15, -0.1) is 0 Å². The van der Waals surface area contributed by atoms with E-state index in [-0.39, 0.29) is 24.6 Å². The number of carbonyl (C=O) groups excluding carboxylic acids is 2. The minimum atomic E-state index is -0.525. The van der Waals surface area contributed by atoms with Gasteiger partial charge in [0.15, 0.2) is 11.6 Å². The van der Waals surface area contributed by atoms with Crippen molar-refractivity contribution in [3.8, 4) is 5.75 Å². The van der Waals surface area contributed by atoms with Crippen LogP contribution >= 0.6 is 0 Å². The van der Waals surface area contributed by atoms with Gasteiger partial charge in [-0.25, -0.2) is 4.39 Å². The van der Waals surface area contributed by atoms with Crippen LogP contribution in [0.25, 0.3) is 0 Å². The number of hydrogen-bond acceptors (Lipinski definition) is 4. The molecule has 0 fully saturated rings. The Hall–Kier alpha value is -2.11. The van der Waals surface area contributed by atoms with Gasteiger partial charge in [-0.05, 0) is 17.7 Å². The number of hydrogen-bond donors (Lipinski definition) is 0. The molecule has 0 heterocycles. The van der Waals surface area contributed by atoms with E-state index in [9.17, 15) is 14.0 Å². The highest BCUT2D eigenvalue weighted by atomic mass is 19.1. The van der Waals surface area contributed by atoms with E-state index in [0.29, 0.717) is 5.56 Å². The van der Waals surface area contributed by atoms with Crippen molar-refractivity contribution in [3.63, 3.8) is 0 Å². The van der Waals surface area contributed by atoms with Crippen LogP contribution in [0.5, 0.6) is 5.75 Å². The van der Waals surface area contributed by atoms with Crippen molar-refractivity contribution < 1.29 is 23.5 Å². The summed E-state index contributed by atoms with van der Waals surface area (Å²) in [5.41, 5.74) is 0.514. The molecule has 6 heteroatoms. The first-order chi connectivity index (χ1) is 8.97. The van der Waals surface area contributed by atoms with Crippen LogP contribution in [0, 0.1) is 5.82 Å². The zero-order chi connectivity index (χ0) is 14.4. The van der Waals surface area contributed by atoms with Gasteiger partial charge >= 0.3 is 5.97 Å². The van der Waals surface area contributed by atoms with Crippen LogP contribution in [0.2, 0.25) is 0 Å². The van der Waals surface area contributed by atoms with E-state index in [1.165, 1.54) is 38.3 Å². The van der Waals surface area contributed by atoms with Crippen molar-refractivity contribution >= 4 is 11.9 Å². The second-order valence-corrected chi connectivity index (χ2v) is 3.97. The number of amides is 1. The Balaban J connectivity index is 2.66. The first-order valence-electron chi connectivity index (χ1n) is 5.61. The highest BCUT2D eigenvalue weighted by Gasteiger charge is 2.14. The molecular weight excluding hydrogens is 253 g/mol. The summed E-state index contributed by atoms with van der Waals surface area (Å²) in [6.45, 7) is -0.131. The number of methoxy groups -OCH3 is 2. The predicted octanol–water partition coefficient (Wildman–Crippen LogP) is 1.01. The van der Waals surface area contributed by atoms with E-state index in [2.05, 4.69) is 4.74 Å². The van der Waals surface area contributed by atoms with Crippen molar-refractivity contribution in [2.45, 2.75) is 6.42 Å². The van der Waals surface area contributed by atoms with Crippen molar-refractivity contribution in [2.75, 3.05) is 27.8 Å². The zero-order valence-electron chi connectivity index (χ0n) is 11.1. The molecule has 0 aliphatic carbocycles. The first-order valence-corrected chi connectivity index (χ1v) is 5.61. The molecule has 0 unspecified atom stereocenters. The summed E-state index contributed by atoms with van der Waals surface area (Å²) in [4.78, 5) is 24.0. The molecule has 0 atom stereocenters. The first kappa shape index (κ1) is 14.9. The lowest BCUT2D eigenvalue weighted by atomic mass is 10.1. The van der Waals surface area contributed by atoms with Gasteiger partial charge in [0.05, 0.1) is 20.6 Å². The van der Waals surface area contributed by atoms with E-state index in [1.54, 1.807) is 6.07 Å². The fourth-order valence-electron chi connectivity index (χ4n) is 1.48. The molecule has 0 radical (unpaired) electrons. The van der Waals surface area contributed by atoms with Gasteiger partial charge in [-0.1, -0.05) is 6.07 Å². The van der Waals surface area contributed by atoms with Gasteiger partial charge in [0.1, 0.15) is 6.54 Å². The van der Waals surface area contributed by atoms with Crippen molar-refractivity contribution in [1.29, 1.82) is 0 Å². The molecule has 0 aliphatic rings. The molecule has 0 N–H and O–H groups in total. The molecule has 0 saturated heterocycles. The third-order valence-corrected chi connectivity index (χ3v) is 2.59. The number of carbonyl (C=O) groups is 2. The van der Waals surface area contributed by atoms with Gasteiger partial charge < -0.3 is 14.4 Å². The molecule has 0 saturated carbocycles. The normalized spacial score (nSPS) is 9.89. The molecule has 104 valence electrons. The van der Waals surface area contributed by atoms with Crippen molar-refractivity contribution in [3.05, 3.63) is 29.6 Å². The van der Waals surface area contributed by atoms with Crippen molar-refractivity contribution in [2.24, 2.45) is 0 Å². The Morgan fingerprint density at radius 2 is 2.00 bits per heavy atom. The Morgan fingerprint density at radius 3 is 2.53 bits per heavy atom. The molecule has 0 aliphatic heterocycles. The second-order valence-electron chi connectivity index (χ2n) is 3.97. The molecule has 1 aromatic rings. The number of halogens is 1. The highest BCUT2D eigenvalue weighted by Crippen LogP contribution is 2.18. The van der Waals surface area contributed by atoms with E-state index in [1.807, 2.05) is 0 Å². The average molecular weight is 269 g/mol. The monoisotopic (exact) mass is 269 g/mol. The maximum absolute atomic E-state index is 13.4. The van der Waals surface area contributed by atoms with Crippen LogP contribution in [0.3, 0.4) is 0 Å². The molecule has 0 spiro atoms. The lowest BCUT2D eigenvalue weighted by Gasteiger charge is -2.15. The summed E-state index contributed by atoms with van der Waals surface area (Å²) >= 11 is 0. The van der Waals surface area contributed by atoms with Gasteiger partial charge in [0.25, 0.3) is 0 Å². The molecule has 5 nitrogen and oxygen atoms in total. The molecule has 0 aromatic heterocycles. The number of likely N-dealkylation sites (N-methyl/N-ethyl adjacent to an activating group) is 1.